The van der Waals surface area contributed by atoms with Gasteiger partial charge in [0, 0.05) is 18.6 Å². The highest BCUT2D eigenvalue weighted by Gasteiger charge is 2.06. The van der Waals surface area contributed by atoms with Crippen LogP contribution in [0.15, 0.2) is 24.3 Å². The molecule has 0 aliphatic heterocycles. The smallest absolute Gasteiger partial charge is 0.407 e. The van der Waals surface area contributed by atoms with E-state index in [-0.39, 0.29) is 37.8 Å². The Kier molecular flexibility index (Phi) is 6.66. The lowest BCUT2D eigenvalue weighted by molar-refractivity contribution is -0.384. The molecule has 0 bridgehead atoms. The maximum atomic E-state index is 11.3. The van der Waals surface area contributed by atoms with Crippen molar-refractivity contribution in [1.29, 1.82) is 0 Å². The van der Waals surface area contributed by atoms with Crippen LogP contribution in [0.1, 0.15) is 18.9 Å². The van der Waals surface area contributed by atoms with Crippen molar-refractivity contribution in [3.63, 3.8) is 0 Å². The van der Waals surface area contributed by atoms with Crippen LogP contribution in [0.3, 0.4) is 0 Å². The number of nitro groups is 1. The Morgan fingerprint density at radius 3 is 2.48 bits per heavy atom. The lowest BCUT2D eigenvalue weighted by Crippen LogP contribution is -2.28. The van der Waals surface area contributed by atoms with Crippen LogP contribution in [-0.2, 0) is 20.9 Å². The maximum absolute atomic E-state index is 11.3. The van der Waals surface area contributed by atoms with Crippen LogP contribution in [0.4, 0.5) is 10.5 Å². The number of ether oxygens (including phenoxy) is 2. The zero-order valence-corrected chi connectivity index (χ0v) is 11.5. The molecular weight excluding hydrogens is 280 g/mol. The Labute approximate surface area is 121 Å². The van der Waals surface area contributed by atoms with Gasteiger partial charge in [-0.1, -0.05) is 6.92 Å². The normalized spacial score (nSPS) is 9.76. The van der Waals surface area contributed by atoms with Gasteiger partial charge < -0.3 is 14.8 Å². The van der Waals surface area contributed by atoms with E-state index < -0.39 is 11.0 Å². The fourth-order valence-corrected chi connectivity index (χ4v) is 1.33. The van der Waals surface area contributed by atoms with Crippen LogP contribution in [-0.4, -0.2) is 30.1 Å². The molecule has 1 N–H and O–H groups in total. The van der Waals surface area contributed by atoms with E-state index in [9.17, 15) is 19.7 Å². The highest BCUT2D eigenvalue weighted by Crippen LogP contribution is 2.12. The summed E-state index contributed by atoms with van der Waals surface area (Å²) in [5.74, 6) is -0.337. The number of carbonyl (C=O) groups is 2. The lowest BCUT2D eigenvalue weighted by atomic mass is 10.2. The van der Waals surface area contributed by atoms with Gasteiger partial charge in [-0.25, -0.2) is 4.79 Å². The second kappa shape index (κ2) is 8.51. The molecule has 114 valence electrons. The number of rotatable bonds is 7. The van der Waals surface area contributed by atoms with Gasteiger partial charge in [-0.3, -0.25) is 14.9 Å². The third kappa shape index (κ3) is 6.37. The maximum Gasteiger partial charge on any atom is 0.407 e. The Bertz CT molecular complexity index is 500. The van der Waals surface area contributed by atoms with E-state index in [1.807, 2.05) is 0 Å². The van der Waals surface area contributed by atoms with Crippen LogP contribution in [0, 0.1) is 10.1 Å². The number of carbonyl (C=O) groups excluding carboxylic acids is 2. The average molecular weight is 296 g/mol. The standard InChI is InChI=1S/C13H16N2O6/c1-2-12(16)20-8-7-14-13(17)21-9-10-3-5-11(6-4-10)15(18)19/h3-6H,2,7-9H2,1H3,(H,14,17). The highest BCUT2D eigenvalue weighted by molar-refractivity contribution is 5.69. The van der Waals surface area contributed by atoms with Crippen LogP contribution in [0.25, 0.3) is 0 Å². The summed E-state index contributed by atoms with van der Waals surface area (Å²) < 4.78 is 9.67. The molecule has 8 heteroatoms. The van der Waals surface area contributed by atoms with E-state index in [0.29, 0.717) is 5.56 Å². The molecule has 0 fully saturated rings. The molecule has 1 aromatic carbocycles. The van der Waals surface area contributed by atoms with Crippen LogP contribution < -0.4 is 5.32 Å². The number of alkyl carbamates (subject to hydrolysis) is 1. The van der Waals surface area contributed by atoms with Crippen molar-refractivity contribution in [3.8, 4) is 0 Å². The Hall–Kier alpha value is -2.64. The highest BCUT2D eigenvalue weighted by atomic mass is 16.6. The van der Waals surface area contributed by atoms with Gasteiger partial charge in [-0.15, -0.1) is 0 Å². The van der Waals surface area contributed by atoms with E-state index in [4.69, 9.17) is 9.47 Å². The summed E-state index contributed by atoms with van der Waals surface area (Å²) in [5.41, 5.74) is 0.606. The Morgan fingerprint density at radius 1 is 1.24 bits per heavy atom. The lowest BCUT2D eigenvalue weighted by Gasteiger charge is -2.07. The largest absolute Gasteiger partial charge is 0.464 e. The van der Waals surface area contributed by atoms with E-state index in [2.05, 4.69) is 5.32 Å². The number of nitrogens with one attached hydrogen (secondary N) is 1. The van der Waals surface area contributed by atoms with Crippen molar-refractivity contribution in [2.75, 3.05) is 13.2 Å². The van der Waals surface area contributed by atoms with Crippen molar-refractivity contribution in [2.24, 2.45) is 0 Å². The molecule has 1 rings (SSSR count). The average Bonchev–Trinajstić information content (AvgIpc) is 2.49. The summed E-state index contributed by atoms with van der Waals surface area (Å²) in [6.07, 6.45) is -0.370. The summed E-state index contributed by atoms with van der Waals surface area (Å²) in [6.45, 7) is 1.91. The monoisotopic (exact) mass is 296 g/mol. The zero-order valence-electron chi connectivity index (χ0n) is 11.5. The third-order valence-corrected chi connectivity index (χ3v) is 2.44. The summed E-state index contributed by atoms with van der Waals surface area (Å²) >= 11 is 0. The fourth-order valence-electron chi connectivity index (χ4n) is 1.33. The van der Waals surface area contributed by atoms with Gasteiger partial charge in [0.2, 0.25) is 0 Å². The predicted octanol–water partition coefficient (Wildman–Crippen LogP) is 1.77. The van der Waals surface area contributed by atoms with Gasteiger partial charge in [0.25, 0.3) is 5.69 Å². The van der Waals surface area contributed by atoms with Gasteiger partial charge >= 0.3 is 12.1 Å². The fraction of sp³-hybridized carbons (Fsp3) is 0.385. The van der Waals surface area contributed by atoms with E-state index >= 15 is 0 Å². The summed E-state index contributed by atoms with van der Waals surface area (Å²) in [6, 6.07) is 5.68. The topological polar surface area (TPSA) is 108 Å². The van der Waals surface area contributed by atoms with Crippen molar-refractivity contribution in [1.82, 2.24) is 5.32 Å². The molecule has 1 amide bonds. The molecule has 0 atom stereocenters. The second-order valence-electron chi connectivity index (χ2n) is 4.00. The number of hydrogen-bond donors (Lipinski definition) is 1. The number of nitrogens with zero attached hydrogens (tertiary/aromatic N) is 1. The molecule has 0 heterocycles. The SMILES string of the molecule is CCC(=O)OCCNC(=O)OCc1ccc([N+](=O)[O-])cc1. The molecule has 1 aromatic rings. The molecule has 0 aliphatic rings. The van der Waals surface area contributed by atoms with Crippen LogP contribution >= 0.6 is 0 Å². The quantitative estimate of drug-likeness (QED) is 0.355. The second-order valence-corrected chi connectivity index (χ2v) is 4.00. The number of esters is 1. The van der Waals surface area contributed by atoms with Gasteiger partial charge in [0.05, 0.1) is 11.5 Å². The first kappa shape index (κ1) is 16.4. The molecule has 0 aromatic heterocycles. The van der Waals surface area contributed by atoms with Crippen molar-refractivity contribution in [3.05, 3.63) is 39.9 Å². The first-order chi connectivity index (χ1) is 10.0. The first-order valence-electron chi connectivity index (χ1n) is 6.32. The molecule has 0 saturated carbocycles. The minimum absolute atomic E-state index is 0.00141. The van der Waals surface area contributed by atoms with Crippen molar-refractivity contribution in [2.45, 2.75) is 20.0 Å². The van der Waals surface area contributed by atoms with Crippen molar-refractivity contribution >= 4 is 17.7 Å². The van der Waals surface area contributed by atoms with Crippen LogP contribution in [0.2, 0.25) is 0 Å². The minimum Gasteiger partial charge on any atom is -0.464 e. The predicted molar refractivity (Wildman–Crippen MR) is 72.5 cm³/mol. The molecule has 0 radical (unpaired) electrons. The first-order valence-corrected chi connectivity index (χ1v) is 6.32. The number of hydrogen-bond acceptors (Lipinski definition) is 6. The van der Waals surface area contributed by atoms with E-state index in [1.165, 1.54) is 24.3 Å². The Balaban J connectivity index is 2.23. The van der Waals surface area contributed by atoms with Gasteiger partial charge in [-0.05, 0) is 17.7 Å². The molecule has 0 saturated heterocycles. The minimum atomic E-state index is -0.652. The van der Waals surface area contributed by atoms with E-state index in [1.54, 1.807) is 6.92 Å². The third-order valence-electron chi connectivity index (χ3n) is 2.44. The zero-order chi connectivity index (χ0) is 15.7. The molecular formula is C13H16N2O6. The summed E-state index contributed by atoms with van der Waals surface area (Å²) in [7, 11) is 0. The molecule has 21 heavy (non-hydrogen) atoms. The molecule has 0 spiro atoms. The molecule has 8 nitrogen and oxygen atoms in total. The van der Waals surface area contributed by atoms with Crippen LogP contribution in [0.5, 0.6) is 0 Å². The number of nitro benzene ring substituents is 1. The number of non-ortho nitro benzene ring substituents is 1. The summed E-state index contributed by atoms with van der Waals surface area (Å²) in [4.78, 5) is 32.1. The Morgan fingerprint density at radius 2 is 1.90 bits per heavy atom. The number of benzene rings is 1. The van der Waals surface area contributed by atoms with Gasteiger partial charge in [0.1, 0.15) is 13.2 Å². The molecule has 0 unspecified atom stereocenters. The van der Waals surface area contributed by atoms with Gasteiger partial charge in [0.15, 0.2) is 0 Å². The van der Waals surface area contributed by atoms with Gasteiger partial charge in [-0.2, -0.15) is 0 Å². The van der Waals surface area contributed by atoms with Crippen molar-refractivity contribution < 1.29 is 24.0 Å². The van der Waals surface area contributed by atoms with E-state index in [0.717, 1.165) is 0 Å². The number of amides is 1. The molecule has 0 aliphatic carbocycles. The summed E-state index contributed by atoms with van der Waals surface area (Å²) in [5, 5.41) is 12.9.